The highest BCUT2D eigenvalue weighted by molar-refractivity contribution is 5.84. The Bertz CT molecular complexity index is 252. The lowest BCUT2D eigenvalue weighted by atomic mass is 10.1. The zero-order valence-corrected chi connectivity index (χ0v) is 9.57. The Balaban J connectivity index is 2.20. The van der Waals surface area contributed by atoms with Gasteiger partial charge in [-0.2, -0.15) is 0 Å². The van der Waals surface area contributed by atoms with Crippen LogP contribution in [0.4, 0.5) is 0 Å². The number of rotatable bonds is 5. The molecule has 0 radical (unpaired) electrons. The molecule has 0 atom stereocenters. The first-order chi connectivity index (χ1) is 7.59. The molecule has 6 heteroatoms. The minimum atomic E-state index is -0.516. The van der Waals surface area contributed by atoms with Crippen molar-refractivity contribution in [1.82, 2.24) is 10.2 Å². The highest BCUT2D eigenvalue weighted by atomic mass is 16.5. The van der Waals surface area contributed by atoms with E-state index in [-0.39, 0.29) is 25.2 Å². The maximum absolute atomic E-state index is 11.5. The Morgan fingerprint density at radius 1 is 1.44 bits per heavy atom. The van der Waals surface area contributed by atoms with Crippen LogP contribution in [0.3, 0.4) is 0 Å². The number of nitrogens with two attached hydrogens (primary N) is 1. The third-order valence-electron chi connectivity index (χ3n) is 2.55. The molecule has 1 aliphatic heterocycles. The third kappa shape index (κ3) is 4.59. The molecule has 3 N–H and O–H groups in total. The van der Waals surface area contributed by atoms with Crippen molar-refractivity contribution in [3.05, 3.63) is 0 Å². The first kappa shape index (κ1) is 12.9. The van der Waals surface area contributed by atoms with Crippen molar-refractivity contribution in [2.45, 2.75) is 18.9 Å². The molecular weight excluding hydrogens is 210 g/mol. The van der Waals surface area contributed by atoms with Gasteiger partial charge in [-0.25, -0.2) is 0 Å². The maximum atomic E-state index is 11.5. The van der Waals surface area contributed by atoms with Gasteiger partial charge in [0.25, 0.3) is 0 Å². The summed E-state index contributed by atoms with van der Waals surface area (Å²) in [6.07, 6.45) is 1.99. The molecule has 0 aromatic heterocycles. The van der Waals surface area contributed by atoms with Gasteiger partial charge in [-0.15, -0.1) is 0 Å². The lowest BCUT2D eigenvalue weighted by Gasteiger charge is -2.23. The van der Waals surface area contributed by atoms with Gasteiger partial charge >= 0.3 is 0 Å². The van der Waals surface area contributed by atoms with Gasteiger partial charge in [0.1, 0.15) is 6.61 Å². The number of amides is 2. The summed E-state index contributed by atoms with van der Waals surface area (Å²) in [5, 5.41) is 3.21. The molecule has 1 saturated heterocycles. The SMILES string of the molecule is CN(CC(N)=O)C(=O)COC1CCNCC1. The number of primary amides is 1. The number of hydrogen-bond donors (Lipinski definition) is 2. The van der Waals surface area contributed by atoms with E-state index in [1.54, 1.807) is 7.05 Å². The van der Waals surface area contributed by atoms with E-state index in [1.807, 2.05) is 0 Å². The van der Waals surface area contributed by atoms with Gasteiger partial charge in [0.15, 0.2) is 0 Å². The highest BCUT2D eigenvalue weighted by Crippen LogP contribution is 2.06. The van der Waals surface area contributed by atoms with E-state index in [0.29, 0.717) is 0 Å². The van der Waals surface area contributed by atoms with Crippen molar-refractivity contribution in [3.63, 3.8) is 0 Å². The van der Waals surface area contributed by atoms with Crippen LogP contribution >= 0.6 is 0 Å². The Morgan fingerprint density at radius 3 is 2.62 bits per heavy atom. The number of carbonyl (C=O) groups excluding carboxylic acids is 2. The van der Waals surface area contributed by atoms with Gasteiger partial charge in [0.2, 0.25) is 11.8 Å². The smallest absolute Gasteiger partial charge is 0.248 e. The summed E-state index contributed by atoms with van der Waals surface area (Å²) in [6, 6.07) is 0. The van der Waals surface area contributed by atoms with Gasteiger partial charge in [-0.05, 0) is 25.9 Å². The average molecular weight is 229 g/mol. The number of piperidine rings is 1. The molecule has 0 saturated carbocycles. The second kappa shape index (κ2) is 6.44. The van der Waals surface area contributed by atoms with Gasteiger partial charge in [0.05, 0.1) is 12.6 Å². The lowest BCUT2D eigenvalue weighted by molar-refractivity contribution is -0.140. The molecule has 92 valence electrons. The van der Waals surface area contributed by atoms with Crippen LogP contribution in [0.5, 0.6) is 0 Å². The summed E-state index contributed by atoms with van der Waals surface area (Å²) < 4.78 is 5.46. The molecule has 6 nitrogen and oxygen atoms in total. The summed E-state index contributed by atoms with van der Waals surface area (Å²) in [6.45, 7) is 1.81. The maximum Gasteiger partial charge on any atom is 0.248 e. The van der Waals surface area contributed by atoms with E-state index in [9.17, 15) is 9.59 Å². The summed E-state index contributed by atoms with van der Waals surface area (Å²) in [5.74, 6) is -0.727. The zero-order chi connectivity index (χ0) is 12.0. The standard InChI is InChI=1S/C10H19N3O3/c1-13(6-9(11)14)10(15)7-16-8-2-4-12-5-3-8/h8,12H,2-7H2,1H3,(H2,11,14). The Hall–Kier alpha value is -1.14. The first-order valence-electron chi connectivity index (χ1n) is 5.44. The predicted octanol–water partition coefficient (Wildman–Crippen LogP) is -1.30. The predicted molar refractivity (Wildman–Crippen MR) is 58.7 cm³/mol. The summed E-state index contributed by atoms with van der Waals surface area (Å²) in [4.78, 5) is 23.4. The number of carbonyl (C=O) groups is 2. The molecular formula is C10H19N3O3. The van der Waals surface area contributed by atoms with Crippen molar-refractivity contribution in [1.29, 1.82) is 0 Å². The molecule has 0 aromatic rings. The van der Waals surface area contributed by atoms with Gasteiger partial charge < -0.3 is 20.7 Å². The van der Waals surface area contributed by atoms with E-state index in [2.05, 4.69) is 5.32 Å². The van der Waals surface area contributed by atoms with Gasteiger partial charge in [0, 0.05) is 7.05 Å². The van der Waals surface area contributed by atoms with E-state index >= 15 is 0 Å². The topological polar surface area (TPSA) is 84.7 Å². The molecule has 1 aliphatic rings. The molecule has 16 heavy (non-hydrogen) atoms. The number of nitrogens with one attached hydrogen (secondary N) is 1. The Labute approximate surface area is 95.1 Å². The Kier molecular flexibility index (Phi) is 5.21. The van der Waals surface area contributed by atoms with Crippen molar-refractivity contribution in [3.8, 4) is 0 Å². The van der Waals surface area contributed by atoms with E-state index in [4.69, 9.17) is 10.5 Å². The fraction of sp³-hybridized carbons (Fsp3) is 0.800. The molecule has 0 spiro atoms. The first-order valence-corrected chi connectivity index (χ1v) is 5.44. The van der Waals surface area contributed by atoms with Crippen LogP contribution in [0.1, 0.15) is 12.8 Å². The van der Waals surface area contributed by atoms with Crippen LogP contribution in [0.2, 0.25) is 0 Å². The molecule has 0 aliphatic carbocycles. The van der Waals surface area contributed by atoms with Crippen LogP contribution in [0.15, 0.2) is 0 Å². The van der Waals surface area contributed by atoms with Crippen molar-refractivity contribution in [2.75, 3.05) is 33.3 Å². The fourth-order valence-electron chi connectivity index (χ4n) is 1.58. The summed E-state index contributed by atoms with van der Waals surface area (Å²) >= 11 is 0. The second-order valence-electron chi connectivity index (χ2n) is 3.98. The van der Waals surface area contributed by atoms with Crippen molar-refractivity contribution >= 4 is 11.8 Å². The zero-order valence-electron chi connectivity index (χ0n) is 9.57. The van der Waals surface area contributed by atoms with E-state index in [0.717, 1.165) is 25.9 Å². The average Bonchev–Trinajstić information content (AvgIpc) is 2.26. The molecule has 1 rings (SSSR count). The van der Waals surface area contributed by atoms with E-state index in [1.165, 1.54) is 4.90 Å². The molecule has 2 amide bonds. The molecule has 1 heterocycles. The third-order valence-corrected chi connectivity index (χ3v) is 2.55. The number of nitrogens with zero attached hydrogens (tertiary/aromatic N) is 1. The van der Waals surface area contributed by atoms with Crippen LogP contribution in [0.25, 0.3) is 0 Å². The summed E-state index contributed by atoms with van der Waals surface area (Å²) in [5.41, 5.74) is 4.99. The molecule has 1 fully saturated rings. The normalized spacial score (nSPS) is 17.1. The van der Waals surface area contributed by atoms with Gasteiger partial charge in [-0.3, -0.25) is 9.59 Å². The van der Waals surface area contributed by atoms with Crippen LogP contribution in [-0.2, 0) is 14.3 Å². The minimum absolute atomic E-state index is 0.0223. The Morgan fingerprint density at radius 2 is 2.06 bits per heavy atom. The van der Waals surface area contributed by atoms with Crippen molar-refractivity contribution < 1.29 is 14.3 Å². The highest BCUT2D eigenvalue weighted by Gasteiger charge is 2.17. The number of ether oxygens (including phenoxy) is 1. The fourth-order valence-corrected chi connectivity index (χ4v) is 1.58. The minimum Gasteiger partial charge on any atom is -0.368 e. The second-order valence-corrected chi connectivity index (χ2v) is 3.98. The van der Waals surface area contributed by atoms with Crippen LogP contribution < -0.4 is 11.1 Å². The molecule has 0 aromatic carbocycles. The number of likely N-dealkylation sites (N-methyl/N-ethyl adjacent to an activating group) is 1. The van der Waals surface area contributed by atoms with Gasteiger partial charge in [-0.1, -0.05) is 0 Å². The molecule has 0 bridgehead atoms. The monoisotopic (exact) mass is 229 g/mol. The van der Waals surface area contributed by atoms with E-state index < -0.39 is 5.91 Å². The van der Waals surface area contributed by atoms with Crippen molar-refractivity contribution in [2.24, 2.45) is 5.73 Å². The summed E-state index contributed by atoms with van der Waals surface area (Å²) in [7, 11) is 1.54. The number of hydrogen-bond acceptors (Lipinski definition) is 4. The van der Waals surface area contributed by atoms with Crippen LogP contribution in [0, 0.1) is 0 Å². The van der Waals surface area contributed by atoms with Crippen LogP contribution in [-0.4, -0.2) is 56.1 Å². The molecule has 0 unspecified atom stereocenters. The largest absolute Gasteiger partial charge is 0.368 e. The lowest BCUT2D eigenvalue weighted by Crippen LogP contribution is -2.39. The quantitative estimate of drug-likeness (QED) is 0.613.